The Hall–Kier alpha value is -1.86. The zero-order chi connectivity index (χ0) is 13.5. The second-order valence-corrected chi connectivity index (χ2v) is 3.94. The quantitative estimate of drug-likeness (QED) is 0.801. The van der Waals surface area contributed by atoms with Gasteiger partial charge in [0.2, 0.25) is 0 Å². The van der Waals surface area contributed by atoms with E-state index in [0.717, 1.165) is 6.42 Å². The Morgan fingerprint density at radius 1 is 1.56 bits per heavy atom. The van der Waals surface area contributed by atoms with Gasteiger partial charge >= 0.3 is 0 Å². The molecule has 0 aromatic heterocycles. The number of carbonyl (C=O) groups is 1. The van der Waals surface area contributed by atoms with Gasteiger partial charge in [0.05, 0.1) is 5.56 Å². The molecule has 0 saturated heterocycles. The lowest BCUT2D eigenvalue weighted by molar-refractivity contribution is 0.0935. The van der Waals surface area contributed by atoms with Crippen molar-refractivity contribution in [2.24, 2.45) is 0 Å². The van der Waals surface area contributed by atoms with Gasteiger partial charge in [-0.1, -0.05) is 18.8 Å². The number of halogens is 1. The van der Waals surface area contributed by atoms with E-state index in [9.17, 15) is 9.18 Å². The Morgan fingerprint density at radius 2 is 2.28 bits per heavy atom. The maximum Gasteiger partial charge on any atom is 0.254 e. The molecule has 0 radical (unpaired) electrons. The molecule has 2 N–H and O–H groups in total. The standard InChI is InChI=1S/C14H16FNO2/c1-3-10(2)16-14(18)12-9-11(5-4-8-17)6-7-13(12)15/h6-7,9-10,17H,3,8H2,1-2H3,(H,16,18). The van der Waals surface area contributed by atoms with Crippen molar-refractivity contribution >= 4 is 5.91 Å². The summed E-state index contributed by atoms with van der Waals surface area (Å²) in [6.45, 7) is 3.52. The topological polar surface area (TPSA) is 49.3 Å². The van der Waals surface area contributed by atoms with E-state index < -0.39 is 11.7 Å². The van der Waals surface area contributed by atoms with Gasteiger partial charge in [0.25, 0.3) is 5.91 Å². The molecule has 0 saturated carbocycles. The summed E-state index contributed by atoms with van der Waals surface area (Å²) < 4.78 is 13.5. The molecule has 0 bridgehead atoms. The Labute approximate surface area is 106 Å². The molecule has 1 atom stereocenters. The Bertz CT molecular complexity index is 488. The molecule has 1 amide bonds. The first-order valence-corrected chi connectivity index (χ1v) is 5.78. The molecule has 0 aliphatic carbocycles. The van der Waals surface area contributed by atoms with Crippen LogP contribution in [0, 0.1) is 17.7 Å². The van der Waals surface area contributed by atoms with E-state index in [4.69, 9.17) is 5.11 Å². The summed E-state index contributed by atoms with van der Waals surface area (Å²) in [6, 6.07) is 4.05. The van der Waals surface area contributed by atoms with E-state index in [-0.39, 0.29) is 18.2 Å². The summed E-state index contributed by atoms with van der Waals surface area (Å²) in [5, 5.41) is 11.3. The summed E-state index contributed by atoms with van der Waals surface area (Å²) in [6.07, 6.45) is 0.775. The lowest BCUT2D eigenvalue weighted by Gasteiger charge is -2.11. The monoisotopic (exact) mass is 249 g/mol. The number of nitrogens with one attached hydrogen (secondary N) is 1. The van der Waals surface area contributed by atoms with Crippen molar-refractivity contribution in [2.45, 2.75) is 26.3 Å². The van der Waals surface area contributed by atoms with Crippen LogP contribution in [0.25, 0.3) is 0 Å². The third-order valence-corrected chi connectivity index (χ3v) is 2.51. The minimum atomic E-state index is -0.578. The first kappa shape index (κ1) is 14.2. The summed E-state index contributed by atoms with van der Waals surface area (Å²) in [5.74, 6) is 4.06. The van der Waals surface area contributed by atoms with Crippen LogP contribution in [0.3, 0.4) is 0 Å². The fraction of sp³-hybridized carbons (Fsp3) is 0.357. The SMILES string of the molecule is CCC(C)NC(=O)c1cc(C#CCO)ccc1F. The molecule has 96 valence electrons. The molecule has 0 aliphatic rings. The lowest BCUT2D eigenvalue weighted by Crippen LogP contribution is -2.32. The highest BCUT2D eigenvalue weighted by Gasteiger charge is 2.13. The van der Waals surface area contributed by atoms with Gasteiger partial charge < -0.3 is 10.4 Å². The maximum absolute atomic E-state index is 13.5. The minimum absolute atomic E-state index is 0.0101. The van der Waals surface area contributed by atoms with Crippen molar-refractivity contribution in [1.29, 1.82) is 0 Å². The second-order valence-electron chi connectivity index (χ2n) is 3.94. The van der Waals surface area contributed by atoms with Crippen LogP contribution < -0.4 is 5.32 Å². The maximum atomic E-state index is 13.5. The van der Waals surface area contributed by atoms with Crippen molar-refractivity contribution in [3.05, 3.63) is 35.1 Å². The zero-order valence-corrected chi connectivity index (χ0v) is 10.5. The van der Waals surface area contributed by atoms with Crippen LogP contribution in [-0.2, 0) is 0 Å². The second kappa shape index (κ2) is 6.77. The van der Waals surface area contributed by atoms with Gasteiger partial charge in [0.15, 0.2) is 0 Å². The van der Waals surface area contributed by atoms with Crippen LogP contribution >= 0.6 is 0 Å². The van der Waals surface area contributed by atoms with Gasteiger partial charge in [0.1, 0.15) is 12.4 Å². The summed E-state index contributed by atoms with van der Waals surface area (Å²) in [5.41, 5.74) is 0.472. The predicted molar refractivity (Wildman–Crippen MR) is 67.6 cm³/mol. The fourth-order valence-corrected chi connectivity index (χ4v) is 1.32. The molecule has 0 spiro atoms. The number of amides is 1. The lowest BCUT2D eigenvalue weighted by atomic mass is 10.1. The molecule has 1 aromatic carbocycles. The van der Waals surface area contributed by atoms with Crippen LogP contribution in [0.2, 0.25) is 0 Å². The molecule has 4 heteroatoms. The van der Waals surface area contributed by atoms with Crippen LogP contribution in [0.1, 0.15) is 36.2 Å². The highest BCUT2D eigenvalue weighted by atomic mass is 19.1. The van der Waals surface area contributed by atoms with Gasteiger partial charge in [0, 0.05) is 11.6 Å². The minimum Gasteiger partial charge on any atom is -0.384 e. The van der Waals surface area contributed by atoms with Gasteiger partial charge in [-0.05, 0) is 31.5 Å². The van der Waals surface area contributed by atoms with Gasteiger partial charge in [-0.2, -0.15) is 0 Å². The number of rotatable bonds is 3. The van der Waals surface area contributed by atoms with E-state index in [2.05, 4.69) is 17.2 Å². The van der Waals surface area contributed by atoms with Crippen molar-refractivity contribution in [3.63, 3.8) is 0 Å². The van der Waals surface area contributed by atoms with Crippen LogP contribution in [-0.4, -0.2) is 23.7 Å². The van der Waals surface area contributed by atoms with E-state index in [1.807, 2.05) is 13.8 Å². The first-order chi connectivity index (χ1) is 8.58. The van der Waals surface area contributed by atoms with E-state index in [0.29, 0.717) is 5.56 Å². The number of carbonyl (C=O) groups excluding carboxylic acids is 1. The molecular weight excluding hydrogens is 233 g/mol. The molecule has 3 nitrogen and oxygen atoms in total. The molecule has 1 aromatic rings. The van der Waals surface area contributed by atoms with Crippen molar-refractivity contribution in [2.75, 3.05) is 6.61 Å². The Morgan fingerprint density at radius 3 is 2.89 bits per heavy atom. The highest BCUT2D eigenvalue weighted by Crippen LogP contribution is 2.10. The van der Waals surface area contributed by atoms with Crippen LogP contribution in [0.4, 0.5) is 4.39 Å². The largest absolute Gasteiger partial charge is 0.384 e. The first-order valence-electron chi connectivity index (χ1n) is 5.78. The summed E-state index contributed by atoms with van der Waals surface area (Å²) in [4.78, 5) is 11.8. The molecule has 0 heterocycles. The van der Waals surface area contributed by atoms with Crippen molar-refractivity contribution in [1.82, 2.24) is 5.32 Å². The van der Waals surface area contributed by atoms with E-state index in [1.165, 1.54) is 18.2 Å². The number of aliphatic hydroxyl groups excluding tert-OH is 1. The number of hydrogen-bond acceptors (Lipinski definition) is 2. The molecule has 1 rings (SSSR count). The smallest absolute Gasteiger partial charge is 0.254 e. The van der Waals surface area contributed by atoms with E-state index >= 15 is 0 Å². The molecular formula is C14H16FNO2. The van der Waals surface area contributed by atoms with Crippen LogP contribution in [0.5, 0.6) is 0 Å². The highest BCUT2D eigenvalue weighted by molar-refractivity contribution is 5.95. The molecule has 0 fully saturated rings. The normalized spacial score (nSPS) is 11.3. The number of hydrogen-bond donors (Lipinski definition) is 2. The van der Waals surface area contributed by atoms with Gasteiger partial charge in [-0.25, -0.2) is 4.39 Å². The molecule has 0 aliphatic heterocycles. The van der Waals surface area contributed by atoms with Crippen LogP contribution in [0.15, 0.2) is 18.2 Å². The molecule has 1 unspecified atom stereocenters. The molecule has 18 heavy (non-hydrogen) atoms. The summed E-state index contributed by atoms with van der Waals surface area (Å²) in [7, 11) is 0. The predicted octanol–water partition coefficient (Wildman–Crippen LogP) is 1.70. The van der Waals surface area contributed by atoms with Crippen molar-refractivity contribution in [3.8, 4) is 11.8 Å². The summed E-state index contributed by atoms with van der Waals surface area (Å²) >= 11 is 0. The van der Waals surface area contributed by atoms with Gasteiger partial charge in [-0.15, -0.1) is 0 Å². The number of aliphatic hydroxyl groups is 1. The number of benzene rings is 1. The Balaban J connectivity index is 2.96. The third-order valence-electron chi connectivity index (χ3n) is 2.51. The third kappa shape index (κ3) is 3.86. The average molecular weight is 249 g/mol. The average Bonchev–Trinajstić information content (AvgIpc) is 2.37. The van der Waals surface area contributed by atoms with Crippen molar-refractivity contribution < 1.29 is 14.3 Å². The fourth-order valence-electron chi connectivity index (χ4n) is 1.32. The zero-order valence-electron chi connectivity index (χ0n) is 10.5. The Kier molecular flexibility index (Phi) is 5.34. The van der Waals surface area contributed by atoms with Gasteiger partial charge in [-0.3, -0.25) is 4.79 Å². The van der Waals surface area contributed by atoms with E-state index in [1.54, 1.807) is 0 Å².